The highest BCUT2D eigenvalue weighted by molar-refractivity contribution is 7.92. The molecule has 8 heteroatoms. The van der Waals surface area contributed by atoms with E-state index in [1.54, 1.807) is 18.2 Å². The lowest BCUT2D eigenvalue weighted by Crippen LogP contribution is -2.07. The van der Waals surface area contributed by atoms with Gasteiger partial charge in [0.15, 0.2) is 9.84 Å². The maximum atomic E-state index is 12.1. The van der Waals surface area contributed by atoms with Crippen LogP contribution in [0.4, 0.5) is 0 Å². The van der Waals surface area contributed by atoms with E-state index in [1.165, 1.54) is 30.5 Å². The van der Waals surface area contributed by atoms with Gasteiger partial charge in [0.25, 0.3) is 0 Å². The van der Waals surface area contributed by atoms with E-state index in [9.17, 15) is 8.42 Å². The normalized spacial score (nSPS) is 11.8. The second-order valence-corrected chi connectivity index (χ2v) is 7.78. The second-order valence-electron chi connectivity index (χ2n) is 4.50. The molecule has 0 saturated carbocycles. The van der Waals surface area contributed by atoms with Crippen LogP contribution in [0.1, 0.15) is 5.56 Å². The number of hydrogen-bond acceptors (Lipinski definition) is 4. The Hall–Kier alpha value is -1.27. The smallest absolute Gasteiger partial charge is 0.183 e. The van der Waals surface area contributed by atoms with E-state index in [1.807, 2.05) is 0 Å². The van der Waals surface area contributed by atoms with Crippen LogP contribution in [0.15, 0.2) is 52.5 Å². The molecule has 0 fully saturated rings. The number of hydrogen-bond donors (Lipinski definition) is 0. The number of rotatable bonds is 6. The molecule has 0 spiro atoms. The van der Waals surface area contributed by atoms with Gasteiger partial charge in [0.2, 0.25) is 0 Å². The minimum Gasteiger partial charge on any atom is -0.391 e. The summed E-state index contributed by atoms with van der Waals surface area (Å²) in [5, 5.41) is 5.02. The van der Waals surface area contributed by atoms with Gasteiger partial charge in [0.05, 0.1) is 16.9 Å². The summed E-state index contributed by atoms with van der Waals surface area (Å²) >= 11 is 17.7. The minimum atomic E-state index is -3.48. The van der Waals surface area contributed by atoms with Crippen molar-refractivity contribution in [2.45, 2.75) is 11.5 Å². The van der Waals surface area contributed by atoms with Crippen LogP contribution in [0, 0.1) is 0 Å². The fourth-order valence-electron chi connectivity index (χ4n) is 1.69. The first-order chi connectivity index (χ1) is 10.9. The van der Waals surface area contributed by atoms with E-state index in [0.717, 1.165) is 0 Å². The molecule has 0 aliphatic rings. The largest absolute Gasteiger partial charge is 0.391 e. The molecule has 23 heavy (non-hydrogen) atoms. The second kappa shape index (κ2) is 8.02. The number of sulfone groups is 1. The van der Waals surface area contributed by atoms with E-state index in [-0.39, 0.29) is 17.3 Å². The summed E-state index contributed by atoms with van der Waals surface area (Å²) in [6.45, 7) is 0.0516. The van der Waals surface area contributed by atoms with Gasteiger partial charge in [-0.25, -0.2) is 8.42 Å². The number of benzene rings is 2. The van der Waals surface area contributed by atoms with E-state index < -0.39 is 9.84 Å². The monoisotopic (exact) mass is 391 g/mol. The lowest BCUT2D eigenvalue weighted by atomic mass is 10.2. The maximum absolute atomic E-state index is 12.1. The third kappa shape index (κ3) is 5.11. The van der Waals surface area contributed by atoms with Gasteiger partial charge in [-0.3, -0.25) is 0 Å². The molecule has 0 heterocycles. The Morgan fingerprint density at radius 2 is 1.61 bits per heavy atom. The Balaban J connectivity index is 1.93. The number of nitrogens with zero attached hydrogens (tertiary/aromatic N) is 1. The molecule has 0 aliphatic heterocycles. The molecule has 0 N–H and O–H groups in total. The molecule has 0 radical (unpaired) electrons. The van der Waals surface area contributed by atoms with E-state index in [4.69, 9.17) is 39.6 Å². The highest BCUT2D eigenvalue weighted by atomic mass is 35.5. The SMILES string of the molecule is O=S(=O)(CC=NOCc1c(Cl)cccc1Cl)c1ccc(Cl)cc1. The van der Waals surface area contributed by atoms with Crippen LogP contribution in [0.2, 0.25) is 15.1 Å². The standard InChI is InChI=1S/C15H12Cl3NO3S/c16-11-4-6-12(7-5-11)23(20,21)9-8-19-22-10-13-14(17)2-1-3-15(13)18/h1-8H,9-10H2. The van der Waals surface area contributed by atoms with Gasteiger partial charge in [-0.05, 0) is 36.4 Å². The van der Waals surface area contributed by atoms with Crippen LogP contribution in [-0.2, 0) is 21.3 Å². The lowest BCUT2D eigenvalue weighted by molar-refractivity contribution is 0.132. The Kier molecular flexibility index (Phi) is 6.30. The molecular formula is C15H12Cl3NO3S. The van der Waals surface area contributed by atoms with Gasteiger partial charge >= 0.3 is 0 Å². The van der Waals surface area contributed by atoms with Gasteiger partial charge in [-0.2, -0.15) is 0 Å². The van der Waals surface area contributed by atoms with Crippen molar-refractivity contribution in [1.82, 2.24) is 0 Å². The molecule has 122 valence electrons. The Morgan fingerprint density at radius 1 is 1.00 bits per heavy atom. The van der Waals surface area contributed by atoms with Gasteiger partial charge in [-0.1, -0.05) is 46.0 Å². The average Bonchev–Trinajstić information content (AvgIpc) is 2.50. The fourth-order valence-corrected chi connectivity index (χ4v) is 3.32. The molecule has 2 rings (SSSR count). The predicted molar refractivity (Wildman–Crippen MR) is 93.2 cm³/mol. The topological polar surface area (TPSA) is 55.7 Å². The highest BCUT2D eigenvalue weighted by Crippen LogP contribution is 2.24. The van der Waals surface area contributed by atoms with Gasteiger partial charge in [0.1, 0.15) is 6.61 Å². The van der Waals surface area contributed by atoms with Crippen molar-refractivity contribution >= 4 is 50.9 Å². The van der Waals surface area contributed by atoms with Crippen molar-refractivity contribution in [2.75, 3.05) is 5.75 Å². The molecule has 2 aromatic rings. The summed E-state index contributed by atoms with van der Waals surface area (Å²) in [6, 6.07) is 11.0. The average molecular weight is 393 g/mol. The minimum absolute atomic E-state index is 0.0516. The predicted octanol–water partition coefficient (Wildman–Crippen LogP) is 4.62. The zero-order valence-electron chi connectivity index (χ0n) is 11.7. The molecule has 0 bridgehead atoms. The van der Waals surface area contributed by atoms with Crippen LogP contribution in [0.5, 0.6) is 0 Å². The zero-order chi connectivity index (χ0) is 16.9. The zero-order valence-corrected chi connectivity index (χ0v) is 14.8. The molecule has 0 aromatic heterocycles. The Bertz CT molecular complexity index is 785. The third-order valence-electron chi connectivity index (χ3n) is 2.89. The summed E-state index contributed by atoms with van der Waals surface area (Å²) in [5.41, 5.74) is 0.591. The number of halogens is 3. The summed E-state index contributed by atoms with van der Waals surface area (Å²) in [7, 11) is -3.48. The van der Waals surface area contributed by atoms with E-state index in [2.05, 4.69) is 5.16 Å². The molecule has 2 aromatic carbocycles. The quantitative estimate of drug-likeness (QED) is 0.532. The van der Waals surface area contributed by atoms with Gasteiger partial charge < -0.3 is 4.84 Å². The first-order valence-electron chi connectivity index (χ1n) is 6.45. The molecule has 0 saturated heterocycles. The summed E-state index contributed by atoms with van der Waals surface area (Å²) in [5.74, 6) is -0.287. The van der Waals surface area contributed by atoms with Crippen molar-refractivity contribution in [3.8, 4) is 0 Å². The highest BCUT2D eigenvalue weighted by Gasteiger charge is 2.12. The fraction of sp³-hybridized carbons (Fsp3) is 0.133. The van der Waals surface area contributed by atoms with Crippen molar-refractivity contribution in [3.63, 3.8) is 0 Å². The number of oxime groups is 1. The molecule has 0 atom stereocenters. The first-order valence-corrected chi connectivity index (χ1v) is 9.24. The Labute approximate surface area is 149 Å². The maximum Gasteiger partial charge on any atom is 0.183 e. The van der Waals surface area contributed by atoms with E-state index in [0.29, 0.717) is 20.6 Å². The third-order valence-corrected chi connectivity index (χ3v) is 5.42. The van der Waals surface area contributed by atoms with Gasteiger partial charge in [-0.15, -0.1) is 0 Å². The van der Waals surface area contributed by atoms with Gasteiger partial charge in [0, 0.05) is 20.6 Å². The van der Waals surface area contributed by atoms with Crippen molar-refractivity contribution in [2.24, 2.45) is 5.16 Å². The lowest BCUT2D eigenvalue weighted by Gasteiger charge is -2.05. The molecular weight excluding hydrogens is 381 g/mol. The molecule has 4 nitrogen and oxygen atoms in total. The molecule has 0 aliphatic carbocycles. The van der Waals surface area contributed by atoms with Crippen LogP contribution in [0.3, 0.4) is 0 Å². The van der Waals surface area contributed by atoms with Crippen LogP contribution >= 0.6 is 34.8 Å². The molecule has 0 amide bonds. The van der Waals surface area contributed by atoms with Crippen molar-refractivity contribution in [3.05, 3.63) is 63.1 Å². The van der Waals surface area contributed by atoms with Crippen LogP contribution in [-0.4, -0.2) is 20.4 Å². The van der Waals surface area contributed by atoms with Crippen molar-refractivity contribution < 1.29 is 13.3 Å². The van der Waals surface area contributed by atoms with Crippen LogP contribution < -0.4 is 0 Å². The summed E-state index contributed by atoms with van der Waals surface area (Å²) in [4.78, 5) is 5.22. The van der Waals surface area contributed by atoms with E-state index >= 15 is 0 Å². The Morgan fingerprint density at radius 3 is 2.22 bits per heavy atom. The van der Waals surface area contributed by atoms with Crippen molar-refractivity contribution in [1.29, 1.82) is 0 Å². The summed E-state index contributed by atoms with van der Waals surface area (Å²) < 4.78 is 24.1. The summed E-state index contributed by atoms with van der Waals surface area (Å²) in [6.07, 6.45) is 1.18. The first kappa shape index (κ1) is 18.1. The molecule has 0 unspecified atom stereocenters. The van der Waals surface area contributed by atoms with Crippen LogP contribution in [0.25, 0.3) is 0 Å².